The standard InChI is InChI=1S/C18H23N3O/c19-11-14-9-13-3-1-2-4-16(13)21-18(14)20-15-7-8-22-17(10-15)12-5-6-12/h9,12,15,17H,1-8,10H2,(H,20,21). The van der Waals surface area contributed by atoms with Crippen molar-refractivity contribution in [2.45, 2.75) is 63.5 Å². The Morgan fingerprint density at radius 2 is 2.09 bits per heavy atom. The second-order valence-corrected chi connectivity index (χ2v) is 6.92. The first kappa shape index (κ1) is 14.0. The maximum absolute atomic E-state index is 9.45. The van der Waals surface area contributed by atoms with Crippen LogP contribution in [0.2, 0.25) is 0 Å². The average molecular weight is 297 g/mol. The fraction of sp³-hybridized carbons (Fsp3) is 0.667. The zero-order valence-corrected chi connectivity index (χ0v) is 13.0. The van der Waals surface area contributed by atoms with Crippen molar-refractivity contribution in [3.8, 4) is 6.07 Å². The van der Waals surface area contributed by atoms with E-state index in [1.807, 2.05) is 0 Å². The number of pyridine rings is 1. The Balaban J connectivity index is 1.52. The molecule has 1 aromatic heterocycles. The lowest BCUT2D eigenvalue weighted by Crippen LogP contribution is -2.35. The number of nitrogens with one attached hydrogen (secondary N) is 1. The van der Waals surface area contributed by atoms with Crippen LogP contribution >= 0.6 is 0 Å². The van der Waals surface area contributed by atoms with Crippen molar-refractivity contribution in [3.63, 3.8) is 0 Å². The van der Waals surface area contributed by atoms with E-state index < -0.39 is 0 Å². The molecule has 0 bridgehead atoms. The molecule has 4 rings (SSSR count). The summed E-state index contributed by atoms with van der Waals surface area (Å²) < 4.78 is 5.89. The van der Waals surface area contributed by atoms with Crippen LogP contribution in [-0.4, -0.2) is 23.7 Å². The first-order chi connectivity index (χ1) is 10.8. The predicted molar refractivity (Wildman–Crippen MR) is 84.7 cm³/mol. The molecule has 116 valence electrons. The van der Waals surface area contributed by atoms with Gasteiger partial charge in [0.25, 0.3) is 0 Å². The topological polar surface area (TPSA) is 57.9 Å². The van der Waals surface area contributed by atoms with E-state index in [4.69, 9.17) is 9.72 Å². The van der Waals surface area contributed by atoms with Gasteiger partial charge in [-0.25, -0.2) is 4.98 Å². The minimum atomic E-state index is 0.389. The Morgan fingerprint density at radius 1 is 1.23 bits per heavy atom. The van der Waals surface area contributed by atoms with Crippen LogP contribution in [0.1, 0.15) is 55.3 Å². The molecule has 2 heterocycles. The number of fused-ring (bicyclic) bond motifs is 1. The van der Waals surface area contributed by atoms with E-state index in [0.717, 1.165) is 44.0 Å². The molecule has 2 unspecified atom stereocenters. The van der Waals surface area contributed by atoms with Crippen molar-refractivity contribution in [3.05, 3.63) is 22.9 Å². The maximum atomic E-state index is 9.45. The highest BCUT2D eigenvalue weighted by molar-refractivity contribution is 5.55. The van der Waals surface area contributed by atoms with Crippen molar-refractivity contribution in [2.75, 3.05) is 11.9 Å². The van der Waals surface area contributed by atoms with Gasteiger partial charge in [0.15, 0.2) is 0 Å². The van der Waals surface area contributed by atoms with Crippen LogP contribution in [0.4, 0.5) is 5.82 Å². The summed E-state index contributed by atoms with van der Waals surface area (Å²) in [5.41, 5.74) is 3.17. The summed E-state index contributed by atoms with van der Waals surface area (Å²) in [6, 6.07) is 4.77. The maximum Gasteiger partial charge on any atom is 0.144 e. The third-order valence-electron chi connectivity index (χ3n) is 5.22. The summed E-state index contributed by atoms with van der Waals surface area (Å²) in [6.07, 6.45) is 9.65. The molecule has 0 radical (unpaired) electrons. The summed E-state index contributed by atoms with van der Waals surface area (Å²) in [7, 11) is 0. The number of nitrogens with zero attached hydrogens (tertiary/aromatic N) is 2. The molecule has 1 saturated carbocycles. The van der Waals surface area contributed by atoms with Gasteiger partial charge in [0.1, 0.15) is 11.9 Å². The normalized spacial score (nSPS) is 27.8. The van der Waals surface area contributed by atoms with Gasteiger partial charge in [-0.05, 0) is 68.9 Å². The van der Waals surface area contributed by atoms with E-state index in [2.05, 4.69) is 17.5 Å². The molecule has 0 aromatic carbocycles. The van der Waals surface area contributed by atoms with Gasteiger partial charge in [-0.1, -0.05) is 0 Å². The number of aromatic nitrogens is 1. The van der Waals surface area contributed by atoms with Crippen LogP contribution in [0, 0.1) is 17.2 Å². The molecule has 4 nitrogen and oxygen atoms in total. The van der Waals surface area contributed by atoms with Gasteiger partial charge < -0.3 is 10.1 Å². The molecule has 0 amide bonds. The van der Waals surface area contributed by atoms with E-state index in [-0.39, 0.29) is 0 Å². The fourth-order valence-electron chi connectivity index (χ4n) is 3.78. The van der Waals surface area contributed by atoms with Gasteiger partial charge in [-0.2, -0.15) is 5.26 Å². The quantitative estimate of drug-likeness (QED) is 0.930. The first-order valence-electron chi connectivity index (χ1n) is 8.64. The lowest BCUT2D eigenvalue weighted by atomic mass is 9.94. The highest BCUT2D eigenvalue weighted by Gasteiger charge is 2.36. The molecule has 1 aliphatic heterocycles. The fourth-order valence-corrected chi connectivity index (χ4v) is 3.78. The number of hydrogen-bond acceptors (Lipinski definition) is 4. The van der Waals surface area contributed by atoms with Crippen LogP contribution in [0.15, 0.2) is 6.07 Å². The minimum Gasteiger partial charge on any atom is -0.378 e. The predicted octanol–water partition coefficient (Wildman–Crippen LogP) is 3.20. The molecule has 1 saturated heterocycles. The number of ether oxygens (including phenoxy) is 1. The molecule has 2 fully saturated rings. The molecule has 1 aromatic rings. The van der Waals surface area contributed by atoms with Crippen LogP contribution in [0.5, 0.6) is 0 Å². The second kappa shape index (κ2) is 5.89. The van der Waals surface area contributed by atoms with Crippen LogP contribution < -0.4 is 5.32 Å². The van der Waals surface area contributed by atoms with Crippen LogP contribution in [0.25, 0.3) is 0 Å². The number of rotatable bonds is 3. The summed E-state index contributed by atoms with van der Waals surface area (Å²) in [5, 5.41) is 13.0. The molecular formula is C18H23N3O. The SMILES string of the molecule is N#Cc1cc2c(nc1NC1CCOC(C3CC3)C1)CCCC2. The van der Waals surface area contributed by atoms with Crippen molar-refractivity contribution >= 4 is 5.82 Å². The second-order valence-electron chi connectivity index (χ2n) is 6.92. The van der Waals surface area contributed by atoms with E-state index in [9.17, 15) is 5.26 Å². The molecule has 1 N–H and O–H groups in total. The third kappa shape index (κ3) is 2.83. The number of nitriles is 1. The molecule has 2 aliphatic carbocycles. The number of hydrogen-bond donors (Lipinski definition) is 1. The average Bonchev–Trinajstić information content (AvgIpc) is 3.39. The van der Waals surface area contributed by atoms with Crippen molar-refractivity contribution < 1.29 is 4.74 Å². The molecule has 3 aliphatic rings. The van der Waals surface area contributed by atoms with E-state index in [1.165, 1.54) is 36.9 Å². The third-order valence-corrected chi connectivity index (χ3v) is 5.22. The Kier molecular flexibility index (Phi) is 3.75. The molecule has 0 spiro atoms. The van der Waals surface area contributed by atoms with Crippen molar-refractivity contribution in [1.82, 2.24) is 4.98 Å². The smallest absolute Gasteiger partial charge is 0.144 e. The summed E-state index contributed by atoms with van der Waals surface area (Å²) in [6.45, 7) is 0.825. The van der Waals surface area contributed by atoms with Gasteiger partial charge >= 0.3 is 0 Å². The Morgan fingerprint density at radius 3 is 2.91 bits per heavy atom. The highest BCUT2D eigenvalue weighted by atomic mass is 16.5. The van der Waals surface area contributed by atoms with Crippen molar-refractivity contribution in [2.24, 2.45) is 5.92 Å². The van der Waals surface area contributed by atoms with Gasteiger partial charge in [0.2, 0.25) is 0 Å². The first-order valence-corrected chi connectivity index (χ1v) is 8.64. The largest absolute Gasteiger partial charge is 0.378 e. The van der Waals surface area contributed by atoms with E-state index in [0.29, 0.717) is 17.7 Å². The van der Waals surface area contributed by atoms with E-state index >= 15 is 0 Å². The number of aryl methyl sites for hydroxylation is 2. The highest BCUT2D eigenvalue weighted by Crippen LogP contribution is 2.38. The Labute approximate surface area is 131 Å². The zero-order valence-electron chi connectivity index (χ0n) is 13.0. The van der Waals surface area contributed by atoms with Crippen LogP contribution in [-0.2, 0) is 17.6 Å². The number of anilines is 1. The van der Waals surface area contributed by atoms with Gasteiger partial charge in [-0.3, -0.25) is 0 Å². The zero-order chi connectivity index (χ0) is 14.9. The molecule has 22 heavy (non-hydrogen) atoms. The Hall–Kier alpha value is -1.60. The molecular weight excluding hydrogens is 274 g/mol. The Bertz CT molecular complexity index is 603. The lowest BCUT2D eigenvalue weighted by molar-refractivity contribution is -0.00223. The summed E-state index contributed by atoms with van der Waals surface area (Å²) in [5.74, 6) is 1.57. The van der Waals surface area contributed by atoms with Crippen LogP contribution in [0.3, 0.4) is 0 Å². The lowest BCUT2D eigenvalue weighted by Gasteiger charge is -2.31. The molecule has 2 atom stereocenters. The van der Waals surface area contributed by atoms with E-state index in [1.54, 1.807) is 0 Å². The summed E-state index contributed by atoms with van der Waals surface area (Å²) >= 11 is 0. The van der Waals surface area contributed by atoms with Gasteiger partial charge in [-0.15, -0.1) is 0 Å². The van der Waals surface area contributed by atoms with Crippen molar-refractivity contribution in [1.29, 1.82) is 5.26 Å². The minimum absolute atomic E-state index is 0.389. The van der Waals surface area contributed by atoms with Gasteiger partial charge in [0.05, 0.1) is 11.7 Å². The monoisotopic (exact) mass is 297 g/mol. The molecule has 4 heteroatoms. The van der Waals surface area contributed by atoms with Gasteiger partial charge in [0, 0.05) is 18.3 Å². The summed E-state index contributed by atoms with van der Waals surface area (Å²) in [4.78, 5) is 4.79.